The van der Waals surface area contributed by atoms with Crippen LogP contribution in [0, 0.1) is 5.41 Å². The summed E-state index contributed by atoms with van der Waals surface area (Å²) in [5.74, 6) is 0. The molecule has 0 saturated carbocycles. The van der Waals surface area contributed by atoms with Crippen molar-refractivity contribution in [3.8, 4) is 0 Å². The highest BCUT2D eigenvalue weighted by molar-refractivity contribution is 5.83. The molecule has 1 aromatic carbocycles. The van der Waals surface area contributed by atoms with Gasteiger partial charge >= 0.3 is 0 Å². The third-order valence-electron chi connectivity index (χ3n) is 3.21. The van der Waals surface area contributed by atoms with Crippen molar-refractivity contribution in [3.05, 3.63) is 36.0 Å². The van der Waals surface area contributed by atoms with Crippen molar-refractivity contribution in [2.24, 2.45) is 11.1 Å². The van der Waals surface area contributed by atoms with E-state index in [9.17, 15) is 5.11 Å². The molecule has 0 radical (unpaired) electrons. The maximum Gasteiger partial charge on any atom is 0.0500 e. The number of aromatic nitrogens is 1. The van der Waals surface area contributed by atoms with Crippen LogP contribution < -0.4 is 5.73 Å². The molecule has 2 aromatic rings. The molecule has 16 heavy (non-hydrogen) atoms. The number of hydrogen-bond acceptors (Lipinski definition) is 2. The van der Waals surface area contributed by atoms with Gasteiger partial charge in [0.25, 0.3) is 0 Å². The Labute approximate surface area is 95.3 Å². The number of aliphatic hydroxyl groups is 1. The molecule has 0 amide bonds. The van der Waals surface area contributed by atoms with Crippen molar-refractivity contribution in [2.45, 2.75) is 19.9 Å². The van der Waals surface area contributed by atoms with E-state index >= 15 is 0 Å². The largest absolute Gasteiger partial charge is 0.396 e. The number of aromatic amines is 1. The molecule has 0 spiro atoms. The van der Waals surface area contributed by atoms with Crippen LogP contribution in [0.25, 0.3) is 10.9 Å². The standard InChI is InChI=1S/C13H18N2O/c1-13(2,8-16)12(14)10-7-15-11-6-4-3-5-9(10)11/h3-7,12,15-16H,8,14H2,1-2H3/t12-/m0/s1. The van der Waals surface area contributed by atoms with Crippen LogP contribution in [0.1, 0.15) is 25.5 Å². The molecular weight excluding hydrogens is 200 g/mol. The lowest BCUT2D eigenvalue weighted by Gasteiger charge is -2.29. The molecule has 86 valence electrons. The van der Waals surface area contributed by atoms with Gasteiger partial charge in [-0.25, -0.2) is 0 Å². The first-order valence-corrected chi connectivity index (χ1v) is 5.49. The summed E-state index contributed by atoms with van der Waals surface area (Å²) < 4.78 is 0. The van der Waals surface area contributed by atoms with Gasteiger partial charge in [0, 0.05) is 35.2 Å². The number of nitrogens with two attached hydrogens (primary N) is 1. The number of fused-ring (bicyclic) bond motifs is 1. The summed E-state index contributed by atoms with van der Waals surface area (Å²) >= 11 is 0. The summed E-state index contributed by atoms with van der Waals surface area (Å²) in [5, 5.41) is 10.5. The Bertz CT molecular complexity index is 487. The molecule has 2 rings (SSSR count). The first kappa shape index (κ1) is 11.2. The number of nitrogens with one attached hydrogen (secondary N) is 1. The van der Waals surface area contributed by atoms with Gasteiger partial charge in [-0.1, -0.05) is 32.0 Å². The second kappa shape index (κ2) is 3.92. The minimum absolute atomic E-state index is 0.0771. The lowest BCUT2D eigenvalue weighted by Crippen LogP contribution is -2.32. The number of hydrogen-bond donors (Lipinski definition) is 3. The topological polar surface area (TPSA) is 62.0 Å². The van der Waals surface area contributed by atoms with E-state index in [0.29, 0.717) is 0 Å². The fourth-order valence-corrected chi connectivity index (χ4v) is 1.87. The van der Waals surface area contributed by atoms with E-state index in [1.165, 1.54) is 0 Å². The van der Waals surface area contributed by atoms with Crippen LogP contribution in [-0.2, 0) is 0 Å². The van der Waals surface area contributed by atoms with Gasteiger partial charge in [-0.2, -0.15) is 0 Å². The fourth-order valence-electron chi connectivity index (χ4n) is 1.87. The zero-order valence-corrected chi connectivity index (χ0v) is 9.70. The highest BCUT2D eigenvalue weighted by Crippen LogP contribution is 2.34. The number of aliphatic hydroxyl groups excluding tert-OH is 1. The van der Waals surface area contributed by atoms with Gasteiger partial charge in [-0.05, 0) is 11.6 Å². The Balaban J connectivity index is 2.48. The Morgan fingerprint density at radius 2 is 2.06 bits per heavy atom. The minimum atomic E-state index is -0.315. The van der Waals surface area contributed by atoms with Crippen molar-refractivity contribution in [3.63, 3.8) is 0 Å². The highest BCUT2D eigenvalue weighted by atomic mass is 16.3. The quantitative estimate of drug-likeness (QED) is 0.739. The molecular formula is C13H18N2O. The van der Waals surface area contributed by atoms with Crippen LogP contribution in [0.5, 0.6) is 0 Å². The zero-order chi connectivity index (χ0) is 11.8. The molecule has 3 heteroatoms. The van der Waals surface area contributed by atoms with Crippen LogP contribution in [-0.4, -0.2) is 16.7 Å². The van der Waals surface area contributed by atoms with Gasteiger partial charge < -0.3 is 15.8 Å². The van der Waals surface area contributed by atoms with Gasteiger partial charge in [0.15, 0.2) is 0 Å². The summed E-state index contributed by atoms with van der Waals surface area (Å²) in [6.07, 6.45) is 1.94. The van der Waals surface area contributed by atoms with E-state index in [4.69, 9.17) is 5.73 Å². The molecule has 0 aliphatic carbocycles. The Morgan fingerprint density at radius 1 is 1.38 bits per heavy atom. The van der Waals surface area contributed by atoms with Crippen molar-refractivity contribution in [2.75, 3.05) is 6.61 Å². The number of benzene rings is 1. The van der Waals surface area contributed by atoms with E-state index in [2.05, 4.69) is 11.1 Å². The van der Waals surface area contributed by atoms with E-state index < -0.39 is 0 Å². The molecule has 0 bridgehead atoms. The van der Waals surface area contributed by atoms with Gasteiger partial charge in [0.2, 0.25) is 0 Å². The van der Waals surface area contributed by atoms with Gasteiger partial charge in [0.05, 0.1) is 0 Å². The average Bonchev–Trinajstić information content (AvgIpc) is 2.71. The summed E-state index contributed by atoms with van der Waals surface area (Å²) in [5.41, 5.74) is 8.05. The second-order valence-corrected chi connectivity index (χ2v) is 4.91. The molecule has 1 atom stereocenters. The number of H-pyrrole nitrogens is 1. The second-order valence-electron chi connectivity index (χ2n) is 4.91. The predicted octanol–water partition coefficient (Wildman–Crippen LogP) is 2.19. The van der Waals surface area contributed by atoms with Crippen LogP contribution in [0.4, 0.5) is 0 Å². The van der Waals surface area contributed by atoms with Crippen molar-refractivity contribution in [1.82, 2.24) is 4.98 Å². The summed E-state index contributed by atoms with van der Waals surface area (Å²) in [7, 11) is 0. The van der Waals surface area contributed by atoms with Crippen LogP contribution in [0.3, 0.4) is 0 Å². The normalized spacial score (nSPS) is 14.2. The van der Waals surface area contributed by atoms with E-state index in [1.54, 1.807) is 0 Å². The van der Waals surface area contributed by atoms with Crippen molar-refractivity contribution < 1.29 is 5.11 Å². The van der Waals surface area contributed by atoms with Crippen molar-refractivity contribution >= 4 is 10.9 Å². The van der Waals surface area contributed by atoms with E-state index in [1.807, 2.05) is 38.2 Å². The molecule has 0 fully saturated rings. The molecule has 0 aliphatic heterocycles. The predicted molar refractivity (Wildman–Crippen MR) is 66.1 cm³/mol. The lowest BCUT2D eigenvalue weighted by atomic mass is 9.82. The van der Waals surface area contributed by atoms with Crippen molar-refractivity contribution in [1.29, 1.82) is 0 Å². The average molecular weight is 218 g/mol. The molecule has 1 aromatic heterocycles. The molecule has 1 heterocycles. The highest BCUT2D eigenvalue weighted by Gasteiger charge is 2.28. The maximum absolute atomic E-state index is 9.35. The first-order chi connectivity index (χ1) is 7.56. The summed E-state index contributed by atoms with van der Waals surface area (Å²) in [6.45, 7) is 4.02. The van der Waals surface area contributed by atoms with E-state index in [0.717, 1.165) is 16.5 Å². The smallest absolute Gasteiger partial charge is 0.0500 e. The number of rotatable bonds is 3. The third-order valence-corrected chi connectivity index (χ3v) is 3.21. The Morgan fingerprint density at radius 3 is 2.75 bits per heavy atom. The first-order valence-electron chi connectivity index (χ1n) is 5.49. The van der Waals surface area contributed by atoms with Crippen LogP contribution in [0.15, 0.2) is 30.5 Å². The molecule has 0 unspecified atom stereocenters. The monoisotopic (exact) mass is 218 g/mol. The fraction of sp³-hybridized carbons (Fsp3) is 0.385. The van der Waals surface area contributed by atoms with Gasteiger partial charge in [0.1, 0.15) is 0 Å². The summed E-state index contributed by atoms with van der Waals surface area (Å²) in [6, 6.07) is 7.89. The molecule has 0 saturated heterocycles. The Kier molecular flexibility index (Phi) is 2.74. The Hall–Kier alpha value is -1.32. The van der Waals surface area contributed by atoms with Gasteiger partial charge in [-0.3, -0.25) is 0 Å². The minimum Gasteiger partial charge on any atom is -0.396 e. The van der Waals surface area contributed by atoms with Crippen LogP contribution in [0.2, 0.25) is 0 Å². The SMILES string of the molecule is CC(C)(CO)[C@@H](N)c1c[nH]c2ccccc12. The molecule has 0 aliphatic rings. The lowest BCUT2D eigenvalue weighted by molar-refractivity contribution is 0.133. The van der Waals surface area contributed by atoms with Gasteiger partial charge in [-0.15, -0.1) is 0 Å². The molecule has 4 N–H and O–H groups in total. The maximum atomic E-state index is 9.35. The van der Waals surface area contributed by atoms with E-state index in [-0.39, 0.29) is 18.1 Å². The molecule has 3 nitrogen and oxygen atoms in total. The number of para-hydroxylation sites is 1. The summed E-state index contributed by atoms with van der Waals surface area (Å²) in [4.78, 5) is 3.20. The zero-order valence-electron chi connectivity index (χ0n) is 9.70. The van der Waals surface area contributed by atoms with Crippen LogP contribution >= 0.6 is 0 Å². The third kappa shape index (κ3) is 1.72.